The van der Waals surface area contributed by atoms with Gasteiger partial charge in [0.15, 0.2) is 5.82 Å². The van der Waals surface area contributed by atoms with Crippen molar-refractivity contribution in [3.63, 3.8) is 0 Å². The molecule has 3 fully saturated rings. The summed E-state index contributed by atoms with van der Waals surface area (Å²) in [6, 6.07) is 7.11. The molecule has 1 saturated carbocycles. The maximum atomic E-state index is 11.7. The quantitative estimate of drug-likeness (QED) is 0.624. The topological polar surface area (TPSA) is 82.4 Å². The zero-order valence-corrected chi connectivity index (χ0v) is 18.5. The Morgan fingerprint density at radius 3 is 2.66 bits per heavy atom. The normalized spacial score (nSPS) is 23.4. The Morgan fingerprint density at radius 1 is 1.12 bits per heavy atom. The Kier molecular flexibility index (Phi) is 4.64. The second-order valence-electron chi connectivity index (χ2n) is 9.21. The van der Waals surface area contributed by atoms with E-state index in [2.05, 4.69) is 39.0 Å². The number of rotatable bonds is 4. The number of benzene rings is 1. The van der Waals surface area contributed by atoms with E-state index in [0.29, 0.717) is 42.4 Å². The first-order chi connectivity index (χ1) is 15.6. The molecule has 0 N–H and O–H groups in total. The molecule has 2 atom stereocenters. The second-order valence-corrected chi connectivity index (χ2v) is 9.21. The third-order valence-electron chi connectivity index (χ3n) is 7.21. The number of nitrogens with zero attached hydrogens (tertiary/aromatic N) is 5. The molecule has 0 radical (unpaired) electrons. The highest BCUT2D eigenvalue weighted by Gasteiger charge is 2.40. The Bertz CT molecular complexity index is 1200. The molecule has 2 aromatic heterocycles. The van der Waals surface area contributed by atoms with Crippen LogP contribution >= 0.6 is 0 Å². The first kappa shape index (κ1) is 19.7. The van der Waals surface area contributed by atoms with Gasteiger partial charge in [0.1, 0.15) is 11.6 Å². The van der Waals surface area contributed by atoms with Gasteiger partial charge in [0.25, 0.3) is 0 Å². The van der Waals surface area contributed by atoms with Gasteiger partial charge in [0.05, 0.1) is 37.6 Å². The molecule has 2 aliphatic heterocycles. The van der Waals surface area contributed by atoms with Crippen LogP contribution in [0.15, 0.2) is 24.4 Å². The van der Waals surface area contributed by atoms with Gasteiger partial charge in [-0.25, -0.2) is 4.68 Å². The van der Waals surface area contributed by atoms with E-state index in [1.807, 2.05) is 16.9 Å². The molecular weight excluding hydrogens is 406 g/mol. The first-order valence-corrected chi connectivity index (χ1v) is 11.4. The van der Waals surface area contributed by atoms with Crippen molar-refractivity contribution in [2.75, 3.05) is 25.2 Å². The number of carbonyl (C=O) groups excluding carboxylic acids is 1. The lowest BCUT2D eigenvalue weighted by Crippen LogP contribution is -2.37. The van der Waals surface area contributed by atoms with Crippen LogP contribution in [0.1, 0.15) is 49.1 Å². The number of morpholine rings is 1. The SMILES string of the molecule is COc1nc(N2C[C@H]3C[C@@H]2CO3)cc(-n2ncc3cc(C)c(C4CCC(=O)CC4)cc32)n1. The fourth-order valence-electron chi connectivity index (χ4n) is 5.51. The number of aromatic nitrogens is 4. The van der Waals surface area contributed by atoms with Gasteiger partial charge in [0.2, 0.25) is 0 Å². The van der Waals surface area contributed by atoms with Crippen molar-refractivity contribution < 1.29 is 14.3 Å². The lowest BCUT2D eigenvalue weighted by Gasteiger charge is -2.28. The standard InChI is InChI=1S/C24H27N5O3/c1-14-7-16-11-25-29(21(16)9-20(14)15-3-5-18(30)6-4-15)23-10-22(26-24(27-23)31-2)28-12-19-8-17(28)13-32-19/h7,9-11,15,17,19H,3-6,8,12-13H2,1-2H3/t17-,19-/m1/s1. The maximum absolute atomic E-state index is 11.7. The number of ketones is 1. The molecule has 3 aliphatic rings. The van der Waals surface area contributed by atoms with E-state index >= 15 is 0 Å². The summed E-state index contributed by atoms with van der Waals surface area (Å²) in [5, 5.41) is 5.74. The Hall–Kier alpha value is -3.00. The van der Waals surface area contributed by atoms with Crippen LogP contribution in [0.25, 0.3) is 16.7 Å². The van der Waals surface area contributed by atoms with Crippen LogP contribution in [-0.2, 0) is 9.53 Å². The van der Waals surface area contributed by atoms with Crippen molar-refractivity contribution in [1.82, 2.24) is 19.7 Å². The number of hydrogen-bond donors (Lipinski definition) is 0. The Morgan fingerprint density at radius 2 is 1.94 bits per heavy atom. The van der Waals surface area contributed by atoms with Gasteiger partial charge in [0, 0.05) is 30.8 Å². The number of anilines is 1. The summed E-state index contributed by atoms with van der Waals surface area (Å²) in [7, 11) is 1.59. The van der Waals surface area contributed by atoms with Gasteiger partial charge in [-0.3, -0.25) is 4.79 Å². The lowest BCUT2D eigenvalue weighted by atomic mass is 9.81. The summed E-state index contributed by atoms with van der Waals surface area (Å²) < 4.78 is 13.1. The van der Waals surface area contributed by atoms with E-state index < -0.39 is 0 Å². The van der Waals surface area contributed by atoms with Gasteiger partial charge in [-0.15, -0.1) is 0 Å². The minimum Gasteiger partial charge on any atom is -0.467 e. The molecule has 8 nitrogen and oxygen atoms in total. The van der Waals surface area contributed by atoms with Crippen LogP contribution in [0, 0.1) is 6.92 Å². The fraction of sp³-hybridized carbons (Fsp3) is 0.500. The number of carbonyl (C=O) groups is 1. The molecule has 8 heteroatoms. The van der Waals surface area contributed by atoms with Crippen molar-refractivity contribution in [2.45, 2.75) is 57.1 Å². The third kappa shape index (κ3) is 3.24. The van der Waals surface area contributed by atoms with Crippen molar-refractivity contribution in [1.29, 1.82) is 0 Å². The molecule has 2 bridgehead atoms. The van der Waals surface area contributed by atoms with Gasteiger partial charge < -0.3 is 14.4 Å². The molecule has 166 valence electrons. The highest BCUT2D eigenvalue weighted by molar-refractivity contribution is 5.83. The van der Waals surface area contributed by atoms with E-state index in [1.165, 1.54) is 11.1 Å². The van der Waals surface area contributed by atoms with Crippen LogP contribution < -0.4 is 9.64 Å². The van der Waals surface area contributed by atoms with Crippen LogP contribution in [0.4, 0.5) is 5.82 Å². The van der Waals surface area contributed by atoms with Crippen molar-refractivity contribution in [3.8, 4) is 11.8 Å². The molecule has 0 amide bonds. The largest absolute Gasteiger partial charge is 0.467 e. The number of Topliss-reactive ketones (excluding diaryl/α,β-unsaturated/α-hetero) is 1. The minimum absolute atomic E-state index is 0.280. The number of aryl methyl sites for hydroxylation is 1. The highest BCUT2D eigenvalue weighted by Crippen LogP contribution is 2.36. The van der Waals surface area contributed by atoms with Crippen molar-refractivity contribution in [3.05, 3.63) is 35.5 Å². The molecule has 0 spiro atoms. The van der Waals surface area contributed by atoms with Gasteiger partial charge in [-0.1, -0.05) is 0 Å². The maximum Gasteiger partial charge on any atom is 0.320 e. The van der Waals surface area contributed by atoms with E-state index in [0.717, 1.165) is 49.1 Å². The smallest absolute Gasteiger partial charge is 0.320 e. The predicted molar refractivity (Wildman–Crippen MR) is 120 cm³/mol. The second kappa shape index (κ2) is 7.55. The lowest BCUT2D eigenvalue weighted by molar-refractivity contribution is -0.120. The fourth-order valence-corrected chi connectivity index (χ4v) is 5.51. The molecule has 3 aromatic rings. The Balaban J connectivity index is 1.42. The summed E-state index contributed by atoms with van der Waals surface area (Å²) in [4.78, 5) is 23.3. The number of hydrogen-bond acceptors (Lipinski definition) is 7. The molecule has 6 rings (SSSR count). The van der Waals surface area contributed by atoms with Gasteiger partial charge in [-0.05, 0) is 55.4 Å². The van der Waals surface area contributed by atoms with Crippen molar-refractivity contribution >= 4 is 22.5 Å². The van der Waals surface area contributed by atoms with Crippen LogP contribution in [0.3, 0.4) is 0 Å². The summed E-state index contributed by atoms with van der Waals surface area (Å²) in [5.74, 6) is 2.34. The molecule has 0 unspecified atom stereocenters. The molecular formula is C24H27N5O3. The van der Waals surface area contributed by atoms with Crippen LogP contribution in [0.2, 0.25) is 0 Å². The van der Waals surface area contributed by atoms with E-state index in [9.17, 15) is 4.79 Å². The zero-order valence-electron chi connectivity index (χ0n) is 18.5. The average molecular weight is 434 g/mol. The Labute approximate surface area is 186 Å². The monoisotopic (exact) mass is 433 g/mol. The molecule has 32 heavy (non-hydrogen) atoms. The summed E-state index contributed by atoms with van der Waals surface area (Å²) in [6.07, 6.45) is 6.40. The third-order valence-corrected chi connectivity index (χ3v) is 7.21. The molecule has 2 saturated heterocycles. The number of fused-ring (bicyclic) bond motifs is 3. The molecule has 1 aromatic carbocycles. The highest BCUT2D eigenvalue weighted by atomic mass is 16.5. The average Bonchev–Trinajstić information content (AvgIpc) is 3.54. The molecule has 1 aliphatic carbocycles. The van der Waals surface area contributed by atoms with E-state index in [1.54, 1.807) is 7.11 Å². The minimum atomic E-state index is 0.280. The predicted octanol–water partition coefficient (Wildman–Crippen LogP) is 3.34. The summed E-state index contributed by atoms with van der Waals surface area (Å²) in [5.41, 5.74) is 3.58. The zero-order chi connectivity index (χ0) is 21.8. The van der Waals surface area contributed by atoms with Crippen molar-refractivity contribution in [2.24, 2.45) is 0 Å². The van der Waals surface area contributed by atoms with Crippen LogP contribution in [0.5, 0.6) is 6.01 Å². The number of ether oxygens (including phenoxy) is 2. The van der Waals surface area contributed by atoms with E-state index in [4.69, 9.17) is 9.47 Å². The number of methoxy groups -OCH3 is 1. The first-order valence-electron chi connectivity index (χ1n) is 11.4. The summed E-state index contributed by atoms with van der Waals surface area (Å²) in [6.45, 7) is 3.73. The molecule has 4 heterocycles. The van der Waals surface area contributed by atoms with Gasteiger partial charge >= 0.3 is 6.01 Å². The van der Waals surface area contributed by atoms with Gasteiger partial charge in [-0.2, -0.15) is 15.1 Å². The van der Waals surface area contributed by atoms with E-state index in [-0.39, 0.29) is 6.10 Å². The summed E-state index contributed by atoms with van der Waals surface area (Å²) >= 11 is 0. The van der Waals surface area contributed by atoms with Crippen LogP contribution in [-0.4, -0.2) is 57.9 Å².